The molecular formula is C64H36N4O2. The molecule has 0 aliphatic rings. The predicted octanol–water partition coefficient (Wildman–Crippen LogP) is 17.4. The molecule has 70 heavy (non-hydrogen) atoms. The molecule has 14 rings (SSSR count). The van der Waals surface area contributed by atoms with Crippen molar-refractivity contribution in [1.29, 1.82) is 10.5 Å². The Kier molecular flexibility index (Phi) is 8.61. The number of nitrogens with zero attached hydrogens (tertiary/aromatic N) is 4. The minimum atomic E-state index is 0.380. The van der Waals surface area contributed by atoms with Gasteiger partial charge in [0.05, 0.1) is 27.8 Å². The van der Waals surface area contributed by atoms with E-state index >= 15 is 0 Å². The first-order valence-corrected chi connectivity index (χ1v) is 23.3. The van der Waals surface area contributed by atoms with Gasteiger partial charge >= 0.3 is 0 Å². The van der Waals surface area contributed by atoms with Crippen LogP contribution < -0.4 is 4.90 Å². The van der Waals surface area contributed by atoms with Crippen molar-refractivity contribution in [3.05, 3.63) is 230 Å². The first-order valence-electron chi connectivity index (χ1n) is 23.3. The number of nitriles is 2. The molecule has 0 saturated heterocycles. The molecule has 14 aromatic rings. The van der Waals surface area contributed by atoms with Gasteiger partial charge in [0, 0.05) is 49.4 Å². The van der Waals surface area contributed by atoms with E-state index in [9.17, 15) is 10.5 Å². The molecule has 0 amide bonds. The summed E-state index contributed by atoms with van der Waals surface area (Å²) >= 11 is 0. The Morgan fingerprint density at radius 3 is 1.49 bits per heavy atom. The highest BCUT2D eigenvalue weighted by Gasteiger charge is 2.24. The van der Waals surface area contributed by atoms with Crippen molar-refractivity contribution in [1.82, 2.24) is 4.57 Å². The third-order valence-corrected chi connectivity index (χ3v) is 14.0. The van der Waals surface area contributed by atoms with Crippen LogP contribution in [0.2, 0.25) is 0 Å². The van der Waals surface area contributed by atoms with Gasteiger partial charge in [0.2, 0.25) is 0 Å². The summed E-state index contributed by atoms with van der Waals surface area (Å²) < 4.78 is 14.4. The Hall–Kier alpha value is -9.88. The Morgan fingerprint density at radius 1 is 0.343 bits per heavy atom. The zero-order valence-corrected chi connectivity index (χ0v) is 37.4. The standard InChI is InChI=1S/C64H36N4O2/c65-37-46-32-50(67(49-26-19-39-9-1-2-11-42(39)31-49)48-24-17-40(18-25-48)43-22-29-61-54(34-43)52-13-5-7-15-59(52)69-61)33-47(38-66)64(46)68-57-27-21-44(36-56(57)63-51-12-4-3-10-41(51)20-28-58(63)68)45-23-30-62-55(35-45)53-14-6-8-16-60(53)70-62/h1-36H. The smallest absolute Gasteiger partial charge is 0.135 e. The van der Waals surface area contributed by atoms with Gasteiger partial charge in [-0.2, -0.15) is 10.5 Å². The number of aromatic nitrogens is 1. The molecule has 0 fully saturated rings. The Labute approximate surface area is 400 Å². The molecule has 6 nitrogen and oxygen atoms in total. The van der Waals surface area contributed by atoms with Crippen LogP contribution >= 0.6 is 0 Å². The minimum absolute atomic E-state index is 0.380. The van der Waals surface area contributed by atoms with E-state index in [1.807, 2.05) is 72.8 Å². The lowest BCUT2D eigenvalue weighted by Crippen LogP contribution is -2.12. The van der Waals surface area contributed by atoms with E-state index in [0.29, 0.717) is 22.5 Å². The number of hydrogen-bond acceptors (Lipinski definition) is 5. The molecule has 0 bridgehead atoms. The van der Waals surface area contributed by atoms with Crippen molar-refractivity contribution < 1.29 is 8.83 Å². The number of benzene rings is 11. The van der Waals surface area contributed by atoms with Crippen LogP contribution in [0.1, 0.15) is 11.1 Å². The molecule has 0 spiro atoms. The van der Waals surface area contributed by atoms with Gasteiger partial charge in [0.1, 0.15) is 34.5 Å². The van der Waals surface area contributed by atoms with Crippen LogP contribution in [0.15, 0.2) is 227 Å². The van der Waals surface area contributed by atoms with Gasteiger partial charge in [-0.1, -0.05) is 127 Å². The lowest BCUT2D eigenvalue weighted by molar-refractivity contribution is 0.668. The molecule has 6 heteroatoms. The van der Waals surface area contributed by atoms with Crippen molar-refractivity contribution in [3.63, 3.8) is 0 Å². The second kappa shape index (κ2) is 15.3. The number of furan rings is 2. The number of anilines is 3. The predicted molar refractivity (Wildman–Crippen MR) is 285 cm³/mol. The summed E-state index contributed by atoms with van der Waals surface area (Å²) in [6.07, 6.45) is 0. The van der Waals surface area contributed by atoms with Crippen LogP contribution in [0.5, 0.6) is 0 Å². The Bertz CT molecular complexity index is 4540. The molecule has 324 valence electrons. The second-order valence-corrected chi connectivity index (χ2v) is 17.9. The molecule has 0 unspecified atom stereocenters. The molecule has 0 N–H and O–H groups in total. The molecule has 0 aliphatic carbocycles. The molecule has 0 radical (unpaired) electrons. The second-order valence-electron chi connectivity index (χ2n) is 17.9. The number of rotatable bonds is 6. The zero-order valence-electron chi connectivity index (χ0n) is 37.4. The molecule has 0 saturated carbocycles. The minimum Gasteiger partial charge on any atom is -0.456 e. The maximum Gasteiger partial charge on any atom is 0.135 e. The van der Waals surface area contributed by atoms with E-state index < -0.39 is 0 Å². The maximum atomic E-state index is 11.3. The molecule has 11 aromatic carbocycles. The van der Waals surface area contributed by atoms with E-state index in [1.54, 1.807) is 0 Å². The highest BCUT2D eigenvalue weighted by atomic mass is 16.3. The molecule has 3 aromatic heterocycles. The molecule has 0 atom stereocenters. The summed E-state index contributed by atoms with van der Waals surface area (Å²) in [4.78, 5) is 2.14. The summed E-state index contributed by atoms with van der Waals surface area (Å²) in [5.41, 5.74) is 13.3. The Balaban J connectivity index is 0.946. The van der Waals surface area contributed by atoms with Crippen molar-refractivity contribution in [2.45, 2.75) is 0 Å². The summed E-state index contributed by atoms with van der Waals surface area (Å²) in [7, 11) is 0. The molecular weight excluding hydrogens is 857 g/mol. The largest absolute Gasteiger partial charge is 0.456 e. The third kappa shape index (κ3) is 6.04. The van der Waals surface area contributed by atoms with E-state index in [4.69, 9.17) is 8.83 Å². The van der Waals surface area contributed by atoms with Gasteiger partial charge in [-0.3, -0.25) is 0 Å². The van der Waals surface area contributed by atoms with Gasteiger partial charge < -0.3 is 18.3 Å². The maximum absolute atomic E-state index is 11.3. The fraction of sp³-hybridized carbons (Fsp3) is 0. The Morgan fingerprint density at radius 2 is 0.829 bits per heavy atom. The topological polar surface area (TPSA) is 82.0 Å². The van der Waals surface area contributed by atoms with Gasteiger partial charge in [0.15, 0.2) is 0 Å². The summed E-state index contributed by atoms with van der Waals surface area (Å²) in [5, 5.41) is 33.3. The van der Waals surface area contributed by atoms with E-state index in [1.165, 1.54) is 0 Å². The monoisotopic (exact) mass is 892 g/mol. The molecule has 3 heterocycles. The van der Waals surface area contributed by atoms with E-state index in [-0.39, 0.29) is 0 Å². The summed E-state index contributed by atoms with van der Waals surface area (Å²) in [6.45, 7) is 0. The average molecular weight is 893 g/mol. The van der Waals surface area contributed by atoms with Crippen LogP contribution in [0, 0.1) is 22.7 Å². The first kappa shape index (κ1) is 39.3. The SMILES string of the molecule is N#Cc1cc(N(c2ccc(-c3ccc4oc5ccccc5c4c3)cc2)c2ccc3ccccc3c2)cc(C#N)c1-n1c2ccc(-c3ccc4oc5ccccc5c4c3)cc2c2c3ccccc3ccc21. The number of hydrogen-bond donors (Lipinski definition) is 0. The van der Waals surface area contributed by atoms with E-state index in [2.05, 4.69) is 167 Å². The van der Waals surface area contributed by atoms with Crippen LogP contribution in [0.3, 0.4) is 0 Å². The van der Waals surface area contributed by atoms with Crippen molar-refractivity contribution in [2.24, 2.45) is 0 Å². The summed E-state index contributed by atoms with van der Waals surface area (Å²) in [5.74, 6) is 0. The quantitative estimate of drug-likeness (QED) is 0.166. The highest BCUT2D eigenvalue weighted by molar-refractivity contribution is 6.22. The zero-order chi connectivity index (χ0) is 46.5. The number of fused-ring (bicyclic) bond motifs is 12. The van der Waals surface area contributed by atoms with Gasteiger partial charge in [0.25, 0.3) is 0 Å². The summed E-state index contributed by atoms with van der Waals surface area (Å²) in [6, 6.07) is 80.2. The van der Waals surface area contributed by atoms with Gasteiger partial charge in [-0.15, -0.1) is 0 Å². The highest BCUT2D eigenvalue weighted by Crippen LogP contribution is 2.44. The van der Waals surface area contributed by atoms with Crippen molar-refractivity contribution >= 4 is 104 Å². The van der Waals surface area contributed by atoms with Crippen LogP contribution in [0.25, 0.3) is 115 Å². The normalized spacial score (nSPS) is 11.7. The average Bonchev–Trinajstić information content (AvgIpc) is 4.10. The van der Waals surface area contributed by atoms with Gasteiger partial charge in [-0.05, 0) is 135 Å². The van der Waals surface area contributed by atoms with Crippen molar-refractivity contribution in [3.8, 4) is 40.1 Å². The van der Waals surface area contributed by atoms with Gasteiger partial charge in [-0.25, -0.2) is 0 Å². The lowest BCUT2D eigenvalue weighted by Gasteiger charge is -2.27. The fourth-order valence-electron chi connectivity index (χ4n) is 10.7. The van der Waals surface area contributed by atoms with Crippen LogP contribution in [0.4, 0.5) is 17.1 Å². The first-order chi connectivity index (χ1) is 34.6. The van der Waals surface area contributed by atoms with Crippen molar-refractivity contribution in [2.75, 3.05) is 4.90 Å². The van der Waals surface area contributed by atoms with Crippen LogP contribution in [-0.4, -0.2) is 4.57 Å². The number of para-hydroxylation sites is 2. The lowest BCUT2D eigenvalue weighted by atomic mass is 9.99. The molecule has 0 aliphatic heterocycles. The van der Waals surface area contributed by atoms with Crippen LogP contribution in [-0.2, 0) is 0 Å². The fourth-order valence-corrected chi connectivity index (χ4v) is 10.7. The third-order valence-electron chi connectivity index (χ3n) is 14.0. The van der Waals surface area contributed by atoms with E-state index in [0.717, 1.165) is 121 Å².